The number of carbonyl (C=O) groups is 2. The van der Waals surface area contributed by atoms with Crippen LogP contribution in [0, 0.1) is 0 Å². The second-order valence-corrected chi connectivity index (χ2v) is 23.7. The van der Waals surface area contributed by atoms with Crippen LogP contribution in [-0.4, -0.2) is 39.3 Å². The Kier molecular flexibility index (Phi) is 7.77. The SMILES string of the molecule is CCC(C)OC(=O)c1cc(-c2ccc([Si](C)(C)C)s2)c(C(=O)O)cc1-c1ccc([Si](C)(C)C)s1. The summed E-state index contributed by atoms with van der Waals surface area (Å²) in [6, 6.07) is 11.6. The van der Waals surface area contributed by atoms with E-state index in [4.69, 9.17) is 4.74 Å². The molecule has 0 bridgehead atoms. The van der Waals surface area contributed by atoms with Crippen molar-refractivity contribution in [3.8, 4) is 20.9 Å². The number of aromatic carboxylic acids is 1. The van der Waals surface area contributed by atoms with Crippen LogP contribution in [-0.2, 0) is 4.74 Å². The van der Waals surface area contributed by atoms with E-state index in [1.54, 1.807) is 34.8 Å². The van der Waals surface area contributed by atoms with Gasteiger partial charge in [-0.25, -0.2) is 9.59 Å². The molecule has 1 N–H and O–H groups in total. The Bertz CT molecular complexity index is 1210. The molecule has 34 heavy (non-hydrogen) atoms. The smallest absolute Gasteiger partial charge is 0.339 e. The molecule has 0 amide bonds. The average molecular weight is 531 g/mol. The van der Waals surface area contributed by atoms with Crippen molar-refractivity contribution < 1.29 is 19.4 Å². The van der Waals surface area contributed by atoms with Crippen LogP contribution in [0.25, 0.3) is 20.9 Å². The van der Waals surface area contributed by atoms with Crippen molar-refractivity contribution in [2.75, 3.05) is 0 Å². The molecule has 0 saturated carbocycles. The first-order valence-electron chi connectivity index (χ1n) is 11.6. The van der Waals surface area contributed by atoms with Gasteiger partial charge in [0.1, 0.15) is 0 Å². The molecule has 0 fully saturated rings. The molecule has 0 aliphatic rings. The van der Waals surface area contributed by atoms with Gasteiger partial charge in [-0.2, -0.15) is 0 Å². The number of benzene rings is 1. The Morgan fingerprint density at radius 3 is 1.68 bits per heavy atom. The van der Waals surface area contributed by atoms with E-state index in [2.05, 4.69) is 51.4 Å². The Balaban J connectivity index is 2.25. The third-order valence-electron chi connectivity index (χ3n) is 5.71. The van der Waals surface area contributed by atoms with Gasteiger partial charge in [0.05, 0.1) is 33.4 Å². The van der Waals surface area contributed by atoms with Gasteiger partial charge < -0.3 is 9.84 Å². The molecule has 3 rings (SSSR count). The van der Waals surface area contributed by atoms with Gasteiger partial charge in [0.15, 0.2) is 0 Å². The van der Waals surface area contributed by atoms with Crippen LogP contribution in [0.2, 0.25) is 39.3 Å². The first-order chi connectivity index (χ1) is 15.7. The molecule has 0 saturated heterocycles. The molecular formula is C26H34O4S2Si2. The normalized spacial score (nSPS) is 13.1. The van der Waals surface area contributed by atoms with Crippen LogP contribution in [0.15, 0.2) is 36.4 Å². The summed E-state index contributed by atoms with van der Waals surface area (Å²) in [4.78, 5) is 27.4. The maximum atomic E-state index is 13.3. The van der Waals surface area contributed by atoms with Crippen molar-refractivity contribution in [1.29, 1.82) is 0 Å². The number of esters is 1. The third-order valence-corrected chi connectivity index (χ3v) is 15.2. The van der Waals surface area contributed by atoms with Crippen molar-refractivity contribution in [3.63, 3.8) is 0 Å². The van der Waals surface area contributed by atoms with Crippen LogP contribution in [0.4, 0.5) is 0 Å². The molecule has 0 aliphatic carbocycles. The van der Waals surface area contributed by atoms with E-state index in [-0.39, 0.29) is 11.7 Å². The summed E-state index contributed by atoms with van der Waals surface area (Å²) >= 11 is 3.27. The molecule has 2 aromatic heterocycles. The lowest BCUT2D eigenvalue weighted by atomic mass is 9.96. The monoisotopic (exact) mass is 530 g/mol. The molecule has 0 spiro atoms. The van der Waals surface area contributed by atoms with Crippen LogP contribution in [0.1, 0.15) is 41.0 Å². The van der Waals surface area contributed by atoms with Gasteiger partial charge in [0, 0.05) is 20.9 Å². The van der Waals surface area contributed by atoms with Gasteiger partial charge in [-0.05, 0) is 46.6 Å². The number of carboxylic acid groups (broad SMARTS) is 1. The van der Waals surface area contributed by atoms with E-state index in [9.17, 15) is 14.7 Å². The fraction of sp³-hybridized carbons (Fsp3) is 0.385. The maximum absolute atomic E-state index is 13.3. The zero-order chi connectivity index (χ0) is 25.4. The number of rotatable bonds is 8. The summed E-state index contributed by atoms with van der Waals surface area (Å²) in [6.07, 6.45) is 0.494. The van der Waals surface area contributed by atoms with E-state index in [0.29, 0.717) is 23.1 Å². The number of thiophene rings is 2. The predicted molar refractivity (Wildman–Crippen MR) is 151 cm³/mol. The first kappa shape index (κ1) is 26.6. The summed E-state index contributed by atoms with van der Waals surface area (Å²) in [7, 11) is -3.09. The molecule has 182 valence electrons. The molecule has 1 unspecified atom stereocenters. The van der Waals surface area contributed by atoms with Gasteiger partial charge in [0.25, 0.3) is 0 Å². The van der Waals surface area contributed by atoms with Crippen LogP contribution < -0.4 is 9.00 Å². The molecule has 2 heterocycles. The lowest BCUT2D eigenvalue weighted by Crippen LogP contribution is -2.34. The van der Waals surface area contributed by atoms with E-state index in [0.717, 1.165) is 9.75 Å². The number of carbonyl (C=O) groups excluding carboxylic acids is 1. The fourth-order valence-electron chi connectivity index (χ4n) is 3.45. The molecule has 8 heteroatoms. The van der Waals surface area contributed by atoms with Gasteiger partial charge in [0.2, 0.25) is 0 Å². The highest BCUT2D eigenvalue weighted by atomic mass is 32.1. The highest BCUT2D eigenvalue weighted by Crippen LogP contribution is 2.37. The molecule has 0 aliphatic heterocycles. The van der Waals surface area contributed by atoms with E-state index >= 15 is 0 Å². The number of ether oxygens (including phenoxy) is 1. The van der Waals surface area contributed by atoms with Gasteiger partial charge >= 0.3 is 11.9 Å². The number of carboxylic acids is 1. The third kappa shape index (κ3) is 5.79. The Morgan fingerprint density at radius 1 is 0.853 bits per heavy atom. The molecule has 0 radical (unpaired) electrons. The minimum absolute atomic E-state index is 0.210. The lowest BCUT2D eigenvalue weighted by molar-refractivity contribution is 0.0335. The highest BCUT2D eigenvalue weighted by molar-refractivity contribution is 7.29. The molecule has 1 atom stereocenters. The average Bonchev–Trinajstić information content (AvgIpc) is 3.42. The minimum Gasteiger partial charge on any atom is -0.478 e. The van der Waals surface area contributed by atoms with E-state index in [1.807, 2.05) is 26.0 Å². The van der Waals surface area contributed by atoms with Crippen molar-refractivity contribution in [2.24, 2.45) is 0 Å². The van der Waals surface area contributed by atoms with Gasteiger partial charge in [-0.1, -0.05) is 58.3 Å². The summed E-state index contributed by atoms with van der Waals surface area (Å²) < 4.78 is 8.31. The second kappa shape index (κ2) is 9.93. The lowest BCUT2D eigenvalue weighted by Gasteiger charge is -2.16. The fourth-order valence-corrected chi connectivity index (χ4v) is 9.31. The largest absolute Gasteiger partial charge is 0.478 e. The predicted octanol–water partition coefficient (Wildman–Crippen LogP) is 6.89. The summed E-state index contributed by atoms with van der Waals surface area (Å²) in [5, 5.41) is 10.1. The van der Waals surface area contributed by atoms with Crippen molar-refractivity contribution in [3.05, 3.63) is 47.5 Å². The van der Waals surface area contributed by atoms with Gasteiger partial charge in [-0.3, -0.25) is 0 Å². The minimum atomic E-state index is -1.55. The van der Waals surface area contributed by atoms with Gasteiger partial charge in [-0.15, -0.1) is 22.7 Å². The quantitative estimate of drug-likeness (QED) is 0.254. The van der Waals surface area contributed by atoms with E-state index in [1.165, 1.54) is 9.00 Å². The van der Waals surface area contributed by atoms with E-state index < -0.39 is 28.1 Å². The van der Waals surface area contributed by atoms with Crippen LogP contribution in [0.5, 0.6) is 0 Å². The first-order valence-corrected chi connectivity index (χ1v) is 20.2. The van der Waals surface area contributed by atoms with Crippen molar-refractivity contribution in [2.45, 2.75) is 65.7 Å². The molecule has 4 nitrogen and oxygen atoms in total. The Hall–Kier alpha value is -2.01. The topological polar surface area (TPSA) is 63.6 Å². The zero-order valence-electron chi connectivity index (χ0n) is 21.2. The zero-order valence-corrected chi connectivity index (χ0v) is 24.9. The van der Waals surface area contributed by atoms with Crippen LogP contribution >= 0.6 is 22.7 Å². The van der Waals surface area contributed by atoms with Crippen LogP contribution in [0.3, 0.4) is 0 Å². The molecule has 1 aromatic carbocycles. The maximum Gasteiger partial charge on any atom is 0.339 e. The molecular weight excluding hydrogens is 497 g/mol. The van der Waals surface area contributed by atoms with Crippen molar-refractivity contribution in [1.82, 2.24) is 0 Å². The number of hydrogen-bond acceptors (Lipinski definition) is 5. The highest BCUT2D eigenvalue weighted by Gasteiger charge is 2.27. The summed E-state index contributed by atoms with van der Waals surface area (Å²) in [5.41, 5.74) is 1.84. The Morgan fingerprint density at radius 2 is 1.29 bits per heavy atom. The standard InChI is InChI=1S/C26H34O4S2Si2/c1-9-16(2)30-26(29)20-15-17(21-10-12-23(31-21)33(3,4)5)19(25(27)28)14-18(20)22-11-13-24(32-22)34(6,7)8/h10-16H,9H2,1-8H3,(H,27,28). The summed E-state index contributed by atoms with van der Waals surface area (Å²) in [5.74, 6) is -1.41. The summed E-state index contributed by atoms with van der Waals surface area (Å²) in [6.45, 7) is 17.5. The Labute approximate surface area is 212 Å². The van der Waals surface area contributed by atoms with Crippen molar-refractivity contribution >= 4 is 59.8 Å². The second-order valence-electron chi connectivity index (χ2n) is 10.7. The molecule has 3 aromatic rings. The number of hydrogen-bond donors (Lipinski definition) is 1.